The highest BCUT2D eigenvalue weighted by Gasteiger charge is 2.34. The zero-order valence-corrected chi connectivity index (χ0v) is 20.1. The zero-order valence-electron chi connectivity index (χ0n) is 20.1. The van der Waals surface area contributed by atoms with Crippen molar-refractivity contribution in [3.63, 3.8) is 0 Å². The normalized spacial score (nSPS) is 21.6. The highest BCUT2D eigenvalue weighted by Crippen LogP contribution is 2.32. The highest BCUT2D eigenvalue weighted by atomic mass is 16.5. The number of carbonyl (C=O) groups excluding carboxylic acids is 1. The number of carbonyl (C=O) groups is 1. The van der Waals surface area contributed by atoms with Crippen LogP contribution in [-0.4, -0.2) is 97.3 Å². The number of piperazine rings is 1. The Bertz CT molecular complexity index is 1170. The second kappa shape index (κ2) is 9.79. The van der Waals surface area contributed by atoms with Gasteiger partial charge in [0.25, 0.3) is 5.91 Å². The minimum absolute atomic E-state index is 0.139. The molecule has 0 radical (unpaired) electrons. The number of hydrogen-bond acceptors (Lipinski definition) is 7. The van der Waals surface area contributed by atoms with E-state index in [0.29, 0.717) is 6.04 Å². The van der Waals surface area contributed by atoms with Gasteiger partial charge in [0.05, 0.1) is 24.2 Å². The molecule has 0 bridgehead atoms. The highest BCUT2D eigenvalue weighted by molar-refractivity contribution is 5.94. The first kappa shape index (κ1) is 22.2. The molecule has 3 fully saturated rings. The Morgan fingerprint density at radius 1 is 0.743 bits per heavy atom. The lowest BCUT2D eigenvalue weighted by molar-refractivity contribution is 0.0585. The zero-order chi connectivity index (χ0) is 23.6. The molecule has 1 aromatic heterocycles. The lowest BCUT2D eigenvalue weighted by Crippen LogP contribution is -2.52. The molecule has 0 N–H and O–H groups in total. The van der Waals surface area contributed by atoms with Crippen LogP contribution >= 0.6 is 0 Å². The van der Waals surface area contributed by atoms with E-state index >= 15 is 0 Å². The number of morpholine rings is 1. The van der Waals surface area contributed by atoms with Crippen molar-refractivity contribution < 1.29 is 9.53 Å². The molecule has 0 unspecified atom stereocenters. The summed E-state index contributed by atoms with van der Waals surface area (Å²) in [6, 6.07) is 18.2. The summed E-state index contributed by atoms with van der Waals surface area (Å²) in [4.78, 5) is 32.2. The van der Waals surface area contributed by atoms with Gasteiger partial charge in [-0.3, -0.25) is 9.69 Å². The number of para-hydroxylation sites is 2. The summed E-state index contributed by atoms with van der Waals surface area (Å²) in [7, 11) is 0. The third-order valence-corrected chi connectivity index (χ3v) is 7.45. The Morgan fingerprint density at radius 2 is 1.37 bits per heavy atom. The average Bonchev–Trinajstić information content (AvgIpc) is 3.43. The number of fused-ring (bicyclic) bond motifs is 1. The van der Waals surface area contributed by atoms with Gasteiger partial charge in [-0.15, -0.1) is 0 Å². The smallest absolute Gasteiger partial charge is 0.253 e. The van der Waals surface area contributed by atoms with E-state index in [1.54, 1.807) is 0 Å². The van der Waals surface area contributed by atoms with Crippen LogP contribution in [-0.2, 0) is 4.74 Å². The molecule has 182 valence electrons. The maximum atomic E-state index is 12.8. The van der Waals surface area contributed by atoms with Crippen molar-refractivity contribution in [1.29, 1.82) is 0 Å². The molecular formula is C27H32N6O2. The summed E-state index contributed by atoms with van der Waals surface area (Å²) < 4.78 is 5.59. The number of ether oxygens (including phenoxy) is 1. The summed E-state index contributed by atoms with van der Waals surface area (Å²) in [5, 5.41) is 0. The number of benzene rings is 2. The van der Waals surface area contributed by atoms with E-state index in [-0.39, 0.29) is 5.91 Å². The second-order valence-corrected chi connectivity index (χ2v) is 9.54. The van der Waals surface area contributed by atoms with Crippen LogP contribution in [0.25, 0.3) is 11.0 Å². The fraction of sp³-hybridized carbons (Fsp3) is 0.444. The largest absolute Gasteiger partial charge is 0.378 e. The van der Waals surface area contributed by atoms with E-state index in [2.05, 4.69) is 14.7 Å². The number of rotatable bonds is 4. The monoisotopic (exact) mass is 472 g/mol. The third-order valence-electron chi connectivity index (χ3n) is 7.45. The lowest BCUT2D eigenvalue weighted by Gasteiger charge is -2.38. The predicted octanol–water partition coefficient (Wildman–Crippen LogP) is 2.50. The topological polar surface area (TPSA) is 65.0 Å². The van der Waals surface area contributed by atoms with E-state index in [1.165, 1.54) is 0 Å². The minimum Gasteiger partial charge on any atom is -0.378 e. The van der Waals surface area contributed by atoms with Gasteiger partial charge < -0.3 is 19.4 Å². The molecule has 3 aliphatic rings. The van der Waals surface area contributed by atoms with Crippen LogP contribution < -0.4 is 9.80 Å². The van der Waals surface area contributed by atoms with E-state index in [1.807, 2.05) is 59.5 Å². The molecule has 3 saturated heterocycles. The summed E-state index contributed by atoms with van der Waals surface area (Å²) in [5.41, 5.74) is 2.65. The Hall–Kier alpha value is -3.23. The summed E-state index contributed by atoms with van der Waals surface area (Å²) in [6.45, 7) is 8.43. The van der Waals surface area contributed by atoms with E-state index in [0.717, 1.165) is 100 Å². The Kier molecular flexibility index (Phi) is 6.22. The molecule has 35 heavy (non-hydrogen) atoms. The number of anilines is 2. The van der Waals surface area contributed by atoms with Gasteiger partial charge in [0.1, 0.15) is 0 Å². The van der Waals surface area contributed by atoms with Crippen molar-refractivity contribution >= 4 is 28.6 Å². The minimum atomic E-state index is 0.139. The maximum absolute atomic E-state index is 12.8. The standard InChI is InChI=1S/C27H32N6O2/c34-27(21-6-2-1-3-7-21)32-14-12-30(13-15-32)22-10-11-33(20-22)26-25(31-16-18-35-19-17-31)28-23-8-4-5-9-24(23)29-26/h1-9,22H,10-20H2/t22-/m1/s1. The van der Waals surface area contributed by atoms with Gasteiger partial charge in [-0.05, 0) is 30.7 Å². The average molecular weight is 473 g/mol. The van der Waals surface area contributed by atoms with Crippen molar-refractivity contribution in [3.05, 3.63) is 60.2 Å². The molecule has 8 nitrogen and oxygen atoms in total. The van der Waals surface area contributed by atoms with Crippen LogP contribution in [0.1, 0.15) is 16.8 Å². The molecule has 2 aromatic carbocycles. The molecule has 1 atom stereocenters. The molecule has 0 saturated carbocycles. The van der Waals surface area contributed by atoms with Gasteiger partial charge >= 0.3 is 0 Å². The van der Waals surface area contributed by atoms with Crippen LogP contribution in [0.5, 0.6) is 0 Å². The van der Waals surface area contributed by atoms with Gasteiger partial charge in [-0.1, -0.05) is 30.3 Å². The van der Waals surface area contributed by atoms with Gasteiger partial charge in [0, 0.05) is 64.0 Å². The Morgan fingerprint density at radius 3 is 2.06 bits per heavy atom. The third kappa shape index (κ3) is 4.56. The Balaban J connectivity index is 1.15. The maximum Gasteiger partial charge on any atom is 0.253 e. The molecule has 4 heterocycles. The molecule has 1 amide bonds. The molecule has 8 heteroatoms. The van der Waals surface area contributed by atoms with Crippen LogP contribution in [0.2, 0.25) is 0 Å². The first-order valence-corrected chi connectivity index (χ1v) is 12.7. The van der Waals surface area contributed by atoms with Crippen LogP contribution in [0.3, 0.4) is 0 Å². The lowest BCUT2D eigenvalue weighted by atomic mass is 10.1. The molecule has 0 aliphatic carbocycles. The second-order valence-electron chi connectivity index (χ2n) is 9.54. The first-order chi connectivity index (χ1) is 17.3. The van der Waals surface area contributed by atoms with Gasteiger partial charge in [-0.25, -0.2) is 9.97 Å². The first-order valence-electron chi connectivity index (χ1n) is 12.7. The van der Waals surface area contributed by atoms with E-state index in [9.17, 15) is 4.79 Å². The summed E-state index contributed by atoms with van der Waals surface area (Å²) in [5.74, 6) is 2.11. The summed E-state index contributed by atoms with van der Waals surface area (Å²) >= 11 is 0. The van der Waals surface area contributed by atoms with Crippen LogP contribution in [0, 0.1) is 0 Å². The van der Waals surface area contributed by atoms with Crippen molar-refractivity contribution in [2.45, 2.75) is 12.5 Å². The number of hydrogen-bond donors (Lipinski definition) is 0. The molecule has 3 aromatic rings. The SMILES string of the molecule is O=C(c1ccccc1)N1CCN([C@@H]2CCN(c3nc4ccccc4nc3N3CCOCC3)C2)CC1. The number of aromatic nitrogens is 2. The van der Waals surface area contributed by atoms with Crippen molar-refractivity contribution in [2.24, 2.45) is 0 Å². The van der Waals surface area contributed by atoms with Crippen molar-refractivity contribution in [1.82, 2.24) is 19.8 Å². The van der Waals surface area contributed by atoms with Crippen LogP contribution in [0.15, 0.2) is 54.6 Å². The fourth-order valence-corrected chi connectivity index (χ4v) is 5.47. The number of nitrogens with zero attached hydrogens (tertiary/aromatic N) is 6. The summed E-state index contributed by atoms with van der Waals surface area (Å²) in [6.07, 6.45) is 1.10. The molecule has 3 aliphatic heterocycles. The molecular weight excluding hydrogens is 440 g/mol. The molecule has 6 rings (SSSR count). The van der Waals surface area contributed by atoms with Crippen molar-refractivity contribution in [2.75, 3.05) is 75.4 Å². The van der Waals surface area contributed by atoms with Gasteiger partial charge in [0.15, 0.2) is 11.6 Å². The fourth-order valence-electron chi connectivity index (χ4n) is 5.47. The quantitative estimate of drug-likeness (QED) is 0.578. The van der Waals surface area contributed by atoms with E-state index in [4.69, 9.17) is 14.7 Å². The Labute approximate surface area is 206 Å². The van der Waals surface area contributed by atoms with Gasteiger partial charge in [0.2, 0.25) is 0 Å². The van der Waals surface area contributed by atoms with Gasteiger partial charge in [-0.2, -0.15) is 0 Å². The van der Waals surface area contributed by atoms with E-state index < -0.39 is 0 Å². The molecule has 0 spiro atoms. The van der Waals surface area contributed by atoms with Crippen LogP contribution in [0.4, 0.5) is 11.6 Å². The van der Waals surface area contributed by atoms with Crippen molar-refractivity contribution in [3.8, 4) is 0 Å². The predicted molar refractivity (Wildman–Crippen MR) is 137 cm³/mol. The number of amides is 1.